The highest BCUT2D eigenvalue weighted by Gasteiger charge is 2.11. The summed E-state index contributed by atoms with van der Waals surface area (Å²) in [4.78, 5) is 4.41. The maximum Gasteiger partial charge on any atom is 0.138 e. The molecule has 1 aromatic heterocycles. The number of aromatic nitrogens is 3. The fourth-order valence-electron chi connectivity index (χ4n) is 2.43. The molecule has 0 radical (unpaired) electrons. The van der Waals surface area contributed by atoms with Gasteiger partial charge in [-0.3, -0.25) is 0 Å². The van der Waals surface area contributed by atoms with Crippen LogP contribution < -0.4 is 9.47 Å². The number of hydrogen-bond donors (Lipinski definition) is 0. The van der Waals surface area contributed by atoms with E-state index in [-0.39, 0.29) is 0 Å². The van der Waals surface area contributed by atoms with Crippen LogP contribution in [0.2, 0.25) is 0 Å². The molecule has 1 heterocycles. The first-order valence-corrected chi connectivity index (χ1v) is 7.96. The second-order valence-corrected chi connectivity index (χ2v) is 5.07. The van der Waals surface area contributed by atoms with Crippen LogP contribution in [0.1, 0.15) is 13.8 Å². The van der Waals surface area contributed by atoms with Gasteiger partial charge >= 0.3 is 0 Å². The maximum absolute atomic E-state index is 5.49. The smallest absolute Gasteiger partial charge is 0.138 e. The third-order valence-corrected chi connectivity index (χ3v) is 3.50. The predicted octanol–water partition coefficient (Wildman–Crippen LogP) is 4.00. The molecule has 3 rings (SSSR count). The summed E-state index contributed by atoms with van der Waals surface area (Å²) in [6.07, 6.45) is 1.46. The minimum absolute atomic E-state index is 0.642. The minimum atomic E-state index is 0.642. The van der Waals surface area contributed by atoms with Gasteiger partial charge in [0.2, 0.25) is 0 Å². The summed E-state index contributed by atoms with van der Waals surface area (Å²) >= 11 is 0. The minimum Gasteiger partial charge on any atom is -0.494 e. The molecule has 0 bridgehead atoms. The Hall–Kier alpha value is -2.95. The average molecular weight is 321 g/mol. The summed E-state index contributed by atoms with van der Waals surface area (Å²) in [5.41, 5.74) is 3.45. The van der Waals surface area contributed by atoms with E-state index in [9.17, 15) is 0 Å². The molecule has 0 atom stereocenters. The fourth-order valence-corrected chi connectivity index (χ4v) is 2.43. The van der Waals surface area contributed by atoms with Crippen molar-refractivity contribution in [3.8, 4) is 34.0 Å². The summed E-state index contributed by atoms with van der Waals surface area (Å²) in [7, 11) is 0. The molecule has 0 amide bonds. The van der Waals surface area contributed by atoms with Crippen LogP contribution in [-0.4, -0.2) is 28.4 Å². The zero-order chi connectivity index (χ0) is 16.8. The Morgan fingerprint density at radius 3 is 1.71 bits per heavy atom. The Morgan fingerprint density at radius 2 is 1.21 bits per heavy atom. The molecule has 0 spiro atoms. The van der Waals surface area contributed by atoms with E-state index in [1.807, 2.05) is 62.4 Å². The first-order chi connectivity index (χ1) is 11.8. The van der Waals surface area contributed by atoms with Crippen LogP contribution in [0.5, 0.6) is 11.5 Å². The molecule has 24 heavy (non-hydrogen) atoms. The van der Waals surface area contributed by atoms with E-state index in [4.69, 9.17) is 9.47 Å². The van der Waals surface area contributed by atoms with Crippen molar-refractivity contribution in [3.05, 3.63) is 54.9 Å². The van der Waals surface area contributed by atoms with Crippen LogP contribution in [0.4, 0.5) is 0 Å². The zero-order valence-electron chi connectivity index (χ0n) is 13.8. The van der Waals surface area contributed by atoms with Crippen molar-refractivity contribution < 1.29 is 9.47 Å². The lowest BCUT2D eigenvalue weighted by Gasteiger charge is -2.09. The van der Waals surface area contributed by atoms with Gasteiger partial charge in [0.15, 0.2) is 0 Å². The Kier molecular flexibility index (Phi) is 5.01. The molecule has 0 aliphatic carbocycles. The predicted molar refractivity (Wildman–Crippen MR) is 93.0 cm³/mol. The molecule has 0 fully saturated rings. The molecule has 0 saturated carbocycles. The number of benzene rings is 2. The van der Waals surface area contributed by atoms with E-state index in [2.05, 4.69) is 15.2 Å². The molecule has 3 aromatic rings. The number of ether oxygens (including phenoxy) is 2. The van der Waals surface area contributed by atoms with Gasteiger partial charge in [-0.2, -0.15) is 0 Å². The lowest BCUT2D eigenvalue weighted by atomic mass is 10.0. The van der Waals surface area contributed by atoms with Crippen LogP contribution in [0.3, 0.4) is 0 Å². The van der Waals surface area contributed by atoms with Gasteiger partial charge < -0.3 is 9.47 Å². The van der Waals surface area contributed by atoms with Gasteiger partial charge in [-0.1, -0.05) is 0 Å². The highest BCUT2D eigenvalue weighted by molar-refractivity contribution is 5.77. The number of nitrogens with zero attached hydrogens (tertiary/aromatic N) is 3. The monoisotopic (exact) mass is 321 g/mol. The van der Waals surface area contributed by atoms with E-state index < -0.39 is 0 Å². The van der Waals surface area contributed by atoms with Gasteiger partial charge in [0, 0.05) is 11.1 Å². The van der Waals surface area contributed by atoms with Gasteiger partial charge in [0.25, 0.3) is 0 Å². The molecule has 0 aliphatic heterocycles. The van der Waals surface area contributed by atoms with E-state index >= 15 is 0 Å². The van der Waals surface area contributed by atoms with Gasteiger partial charge in [0.1, 0.15) is 29.2 Å². The quantitative estimate of drug-likeness (QED) is 0.687. The van der Waals surface area contributed by atoms with Crippen molar-refractivity contribution in [2.24, 2.45) is 0 Å². The molecule has 0 N–H and O–H groups in total. The molecule has 5 heteroatoms. The summed E-state index contributed by atoms with van der Waals surface area (Å²) in [6, 6.07) is 15.6. The Balaban J connectivity index is 1.95. The lowest BCUT2D eigenvalue weighted by Crippen LogP contribution is -1.96. The SMILES string of the molecule is CCOc1ccc(-c2ncnnc2-c2ccc(OCC)cc2)cc1. The molecular formula is C19H19N3O2. The van der Waals surface area contributed by atoms with Crippen molar-refractivity contribution in [3.63, 3.8) is 0 Å². The summed E-state index contributed by atoms with van der Waals surface area (Å²) in [6.45, 7) is 5.21. The van der Waals surface area contributed by atoms with Crippen LogP contribution >= 0.6 is 0 Å². The molecule has 5 nitrogen and oxygen atoms in total. The Morgan fingerprint density at radius 1 is 0.708 bits per heavy atom. The van der Waals surface area contributed by atoms with Gasteiger partial charge in [0.05, 0.1) is 13.2 Å². The van der Waals surface area contributed by atoms with Crippen LogP contribution in [-0.2, 0) is 0 Å². The van der Waals surface area contributed by atoms with Crippen LogP contribution in [0.25, 0.3) is 22.5 Å². The van der Waals surface area contributed by atoms with Gasteiger partial charge in [-0.25, -0.2) is 4.98 Å². The normalized spacial score (nSPS) is 10.4. The summed E-state index contributed by atoms with van der Waals surface area (Å²) < 4.78 is 11.0. The third-order valence-electron chi connectivity index (χ3n) is 3.50. The maximum atomic E-state index is 5.49. The largest absolute Gasteiger partial charge is 0.494 e. The number of rotatable bonds is 6. The van der Waals surface area contributed by atoms with Crippen molar-refractivity contribution in [1.29, 1.82) is 0 Å². The lowest BCUT2D eigenvalue weighted by molar-refractivity contribution is 0.340. The summed E-state index contributed by atoms with van der Waals surface area (Å²) in [5, 5.41) is 8.21. The second kappa shape index (κ2) is 7.55. The molecule has 0 saturated heterocycles. The van der Waals surface area contributed by atoms with Crippen LogP contribution in [0, 0.1) is 0 Å². The van der Waals surface area contributed by atoms with E-state index in [0.29, 0.717) is 13.2 Å². The number of hydrogen-bond acceptors (Lipinski definition) is 5. The molecule has 122 valence electrons. The molecular weight excluding hydrogens is 302 g/mol. The van der Waals surface area contributed by atoms with Crippen LogP contribution in [0.15, 0.2) is 54.9 Å². The van der Waals surface area contributed by atoms with Crippen molar-refractivity contribution in [2.75, 3.05) is 13.2 Å². The Labute approximate surface area is 141 Å². The zero-order valence-corrected chi connectivity index (χ0v) is 13.8. The Bertz CT molecular complexity index is 718. The van der Waals surface area contributed by atoms with E-state index in [0.717, 1.165) is 34.0 Å². The van der Waals surface area contributed by atoms with Gasteiger partial charge in [-0.15, -0.1) is 10.2 Å². The second-order valence-electron chi connectivity index (χ2n) is 5.07. The highest BCUT2D eigenvalue weighted by Crippen LogP contribution is 2.30. The van der Waals surface area contributed by atoms with Crippen molar-refractivity contribution in [1.82, 2.24) is 15.2 Å². The summed E-state index contributed by atoms with van der Waals surface area (Å²) in [5.74, 6) is 1.67. The first kappa shape index (κ1) is 15.9. The van der Waals surface area contributed by atoms with Gasteiger partial charge in [-0.05, 0) is 62.4 Å². The molecule has 0 aliphatic rings. The highest BCUT2D eigenvalue weighted by atomic mass is 16.5. The van der Waals surface area contributed by atoms with Crippen molar-refractivity contribution >= 4 is 0 Å². The molecule has 0 unspecified atom stereocenters. The fraction of sp³-hybridized carbons (Fsp3) is 0.211. The van der Waals surface area contributed by atoms with E-state index in [1.54, 1.807) is 0 Å². The third kappa shape index (κ3) is 3.51. The average Bonchev–Trinajstić information content (AvgIpc) is 2.64. The standard InChI is InChI=1S/C19H19N3O2/c1-3-23-16-9-5-14(6-10-16)18-19(22-21-13-20-18)15-7-11-17(12-8-15)24-4-2/h5-13H,3-4H2,1-2H3. The van der Waals surface area contributed by atoms with E-state index in [1.165, 1.54) is 6.33 Å². The van der Waals surface area contributed by atoms with Crippen molar-refractivity contribution in [2.45, 2.75) is 13.8 Å². The molecule has 2 aromatic carbocycles. The topological polar surface area (TPSA) is 57.1 Å². The first-order valence-electron chi connectivity index (χ1n) is 7.96.